The minimum Gasteiger partial charge on any atom is -0.466 e. The summed E-state index contributed by atoms with van der Waals surface area (Å²) in [6.07, 6.45) is 0.938. The number of ether oxygens (including phenoxy) is 1. The quantitative estimate of drug-likeness (QED) is 0.698. The predicted octanol–water partition coefficient (Wildman–Crippen LogP) is 0.624. The molecule has 0 amide bonds. The molecule has 24 heavy (non-hydrogen) atoms. The largest absolute Gasteiger partial charge is 0.466 e. The summed E-state index contributed by atoms with van der Waals surface area (Å²) in [6, 6.07) is 7.83. The standard InChI is InChI=1S/C16H25N3O4S/c1-4-12-6-8-13(9-7-12)11-19(3)24(21,22)15-14(10-17-18-15)16(20)23-5-2/h6-9,14-15,17-18H,4-5,10-11H2,1-3H3. The maximum absolute atomic E-state index is 12.8. The van der Waals surface area contributed by atoms with Crippen LogP contribution >= 0.6 is 0 Å². The van der Waals surface area contributed by atoms with Crippen molar-refractivity contribution in [2.75, 3.05) is 20.2 Å². The number of hydrogen-bond donors (Lipinski definition) is 2. The van der Waals surface area contributed by atoms with Gasteiger partial charge in [0, 0.05) is 20.1 Å². The fourth-order valence-corrected chi connectivity index (χ4v) is 4.21. The molecule has 1 aromatic rings. The molecule has 1 fully saturated rings. The van der Waals surface area contributed by atoms with Crippen molar-refractivity contribution in [3.63, 3.8) is 0 Å². The molecule has 1 aromatic carbocycles. The highest BCUT2D eigenvalue weighted by atomic mass is 32.2. The summed E-state index contributed by atoms with van der Waals surface area (Å²) < 4.78 is 31.8. The van der Waals surface area contributed by atoms with Crippen molar-refractivity contribution >= 4 is 16.0 Å². The van der Waals surface area contributed by atoms with Crippen LogP contribution in [0.5, 0.6) is 0 Å². The van der Waals surface area contributed by atoms with Crippen molar-refractivity contribution in [1.29, 1.82) is 0 Å². The Balaban J connectivity index is 2.11. The van der Waals surface area contributed by atoms with Gasteiger partial charge < -0.3 is 4.74 Å². The van der Waals surface area contributed by atoms with Crippen molar-refractivity contribution in [3.8, 4) is 0 Å². The van der Waals surface area contributed by atoms with Crippen LogP contribution in [0.15, 0.2) is 24.3 Å². The topological polar surface area (TPSA) is 87.7 Å². The van der Waals surface area contributed by atoms with E-state index in [4.69, 9.17) is 4.74 Å². The predicted molar refractivity (Wildman–Crippen MR) is 91.3 cm³/mol. The Kier molecular flexibility index (Phi) is 6.34. The fraction of sp³-hybridized carbons (Fsp3) is 0.562. The van der Waals surface area contributed by atoms with E-state index in [0.29, 0.717) is 0 Å². The van der Waals surface area contributed by atoms with E-state index in [1.165, 1.54) is 16.9 Å². The molecular weight excluding hydrogens is 330 g/mol. The third kappa shape index (κ3) is 4.13. The highest BCUT2D eigenvalue weighted by Gasteiger charge is 2.44. The third-order valence-corrected chi connectivity index (χ3v) is 6.20. The van der Waals surface area contributed by atoms with Crippen molar-refractivity contribution in [2.45, 2.75) is 32.2 Å². The number of nitrogens with one attached hydrogen (secondary N) is 2. The molecule has 0 radical (unpaired) electrons. The van der Waals surface area contributed by atoms with Gasteiger partial charge in [-0.3, -0.25) is 10.2 Å². The number of benzene rings is 1. The van der Waals surface area contributed by atoms with Crippen molar-refractivity contribution in [2.24, 2.45) is 5.92 Å². The average molecular weight is 355 g/mol. The molecule has 1 saturated heterocycles. The van der Waals surface area contributed by atoms with Crippen LogP contribution in [-0.2, 0) is 32.5 Å². The second-order valence-electron chi connectivity index (χ2n) is 5.78. The van der Waals surface area contributed by atoms with Gasteiger partial charge in [-0.1, -0.05) is 31.2 Å². The summed E-state index contributed by atoms with van der Waals surface area (Å²) in [6.45, 7) is 4.46. The minimum absolute atomic E-state index is 0.224. The molecule has 0 aliphatic carbocycles. The van der Waals surface area contributed by atoms with E-state index in [0.717, 1.165) is 12.0 Å². The van der Waals surface area contributed by atoms with Gasteiger partial charge in [0.2, 0.25) is 10.0 Å². The Morgan fingerprint density at radius 3 is 2.46 bits per heavy atom. The minimum atomic E-state index is -3.71. The number of hydrogen-bond acceptors (Lipinski definition) is 6. The summed E-state index contributed by atoms with van der Waals surface area (Å²) in [5.74, 6) is -1.27. The second kappa shape index (κ2) is 8.06. The smallest absolute Gasteiger partial charge is 0.313 e. The zero-order valence-electron chi connectivity index (χ0n) is 14.3. The molecule has 2 N–H and O–H groups in total. The summed E-state index contributed by atoms with van der Waals surface area (Å²) in [4.78, 5) is 12.0. The zero-order valence-corrected chi connectivity index (χ0v) is 15.1. The molecule has 7 nitrogen and oxygen atoms in total. The number of carbonyl (C=O) groups is 1. The van der Waals surface area contributed by atoms with Gasteiger partial charge in [-0.2, -0.15) is 4.31 Å². The van der Waals surface area contributed by atoms with Gasteiger partial charge in [0.05, 0.1) is 6.61 Å². The normalized spacial score (nSPS) is 21.2. The molecule has 0 bridgehead atoms. The lowest BCUT2D eigenvalue weighted by molar-refractivity contribution is -0.147. The monoisotopic (exact) mass is 355 g/mol. The van der Waals surface area contributed by atoms with Crippen LogP contribution < -0.4 is 10.9 Å². The number of aryl methyl sites for hydroxylation is 1. The van der Waals surface area contributed by atoms with E-state index in [1.54, 1.807) is 6.92 Å². The first-order valence-corrected chi connectivity index (χ1v) is 9.58. The number of sulfonamides is 1. The first-order valence-electron chi connectivity index (χ1n) is 8.08. The van der Waals surface area contributed by atoms with Crippen molar-refractivity contribution in [1.82, 2.24) is 15.2 Å². The number of hydrazine groups is 1. The molecule has 1 aliphatic rings. The summed E-state index contributed by atoms with van der Waals surface area (Å²) in [7, 11) is -2.19. The van der Waals surface area contributed by atoms with Crippen LogP contribution in [-0.4, -0.2) is 44.3 Å². The highest BCUT2D eigenvalue weighted by molar-refractivity contribution is 7.89. The Bertz CT molecular complexity index is 660. The number of nitrogens with zero attached hydrogens (tertiary/aromatic N) is 1. The van der Waals surface area contributed by atoms with E-state index >= 15 is 0 Å². The van der Waals surface area contributed by atoms with Crippen molar-refractivity contribution < 1.29 is 17.9 Å². The van der Waals surface area contributed by atoms with Gasteiger partial charge in [-0.05, 0) is 24.5 Å². The molecule has 2 atom stereocenters. The maximum Gasteiger partial charge on any atom is 0.313 e. The first-order chi connectivity index (χ1) is 11.4. The molecule has 8 heteroatoms. The van der Waals surface area contributed by atoms with Gasteiger partial charge in [0.15, 0.2) is 5.37 Å². The van der Waals surface area contributed by atoms with E-state index in [1.807, 2.05) is 24.3 Å². The Hall–Kier alpha value is -1.48. The van der Waals surface area contributed by atoms with Crippen LogP contribution in [0.3, 0.4) is 0 Å². The van der Waals surface area contributed by atoms with Gasteiger partial charge in [0.25, 0.3) is 0 Å². The van der Waals surface area contributed by atoms with Crippen LogP contribution in [0.2, 0.25) is 0 Å². The van der Waals surface area contributed by atoms with Gasteiger partial charge >= 0.3 is 5.97 Å². The van der Waals surface area contributed by atoms with Crippen molar-refractivity contribution in [3.05, 3.63) is 35.4 Å². The number of carbonyl (C=O) groups excluding carboxylic acids is 1. The molecule has 134 valence electrons. The number of rotatable bonds is 7. The molecular formula is C16H25N3O4S. The lowest BCUT2D eigenvalue weighted by Gasteiger charge is -2.24. The Morgan fingerprint density at radius 1 is 1.25 bits per heavy atom. The molecule has 0 saturated carbocycles. The molecule has 1 aliphatic heterocycles. The first kappa shape index (κ1) is 18.9. The fourth-order valence-electron chi connectivity index (χ4n) is 2.64. The second-order valence-corrected chi connectivity index (χ2v) is 7.94. The van der Waals surface area contributed by atoms with E-state index in [2.05, 4.69) is 17.8 Å². The van der Waals surface area contributed by atoms with E-state index < -0.39 is 27.3 Å². The van der Waals surface area contributed by atoms with Crippen LogP contribution in [0, 0.1) is 5.92 Å². The molecule has 2 unspecified atom stereocenters. The zero-order chi connectivity index (χ0) is 17.7. The SMILES string of the molecule is CCOC(=O)C1CNNC1S(=O)(=O)N(C)Cc1ccc(CC)cc1. The van der Waals surface area contributed by atoms with Crippen LogP contribution in [0.1, 0.15) is 25.0 Å². The highest BCUT2D eigenvalue weighted by Crippen LogP contribution is 2.20. The van der Waals surface area contributed by atoms with Crippen LogP contribution in [0.25, 0.3) is 0 Å². The van der Waals surface area contributed by atoms with Gasteiger partial charge in [0.1, 0.15) is 5.92 Å². The lowest BCUT2D eigenvalue weighted by Crippen LogP contribution is -2.47. The Labute approximate surface area is 143 Å². The van der Waals surface area contributed by atoms with E-state index in [9.17, 15) is 13.2 Å². The van der Waals surface area contributed by atoms with Gasteiger partial charge in [-0.25, -0.2) is 13.8 Å². The lowest BCUT2D eigenvalue weighted by atomic mass is 10.1. The summed E-state index contributed by atoms with van der Waals surface area (Å²) >= 11 is 0. The van der Waals surface area contributed by atoms with Gasteiger partial charge in [-0.15, -0.1) is 0 Å². The average Bonchev–Trinajstić information content (AvgIpc) is 3.06. The molecule has 1 heterocycles. The summed E-state index contributed by atoms with van der Waals surface area (Å²) in [5.41, 5.74) is 7.54. The van der Waals surface area contributed by atoms with Crippen LogP contribution in [0.4, 0.5) is 0 Å². The maximum atomic E-state index is 12.8. The molecule has 0 aromatic heterocycles. The molecule has 0 spiro atoms. The Morgan fingerprint density at radius 2 is 1.88 bits per heavy atom. The number of esters is 1. The molecule has 2 rings (SSSR count). The van der Waals surface area contributed by atoms with E-state index in [-0.39, 0.29) is 19.7 Å². The summed E-state index contributed by atoms with van der Waals surface area (Å²) in [5, 5.41) is -1.03. The third-order valence-electron chi connectivity index (χ3n) is 4.11.